The zero-order chi connectivity index (χ0) is 14.1. The molecule has 1 N–H and O–H groups in total. The Hall–Kier alpha value is -1.75. The molecular formula is C15H19N3O2. The Bertz CT molecular complexity index is 609. The van der Waals surface area contributed by atoms with Crippen molar-refractivity contribution in [3.8, 4) is 11.5 Å². The minimum Gasteiger partial charge on any atom is -0.392 e. The first-order valence-corrected chi connectivity index (χ1v) is 7.10. The highest BCUT2D eigenvalue weighted by molar-refractivity contribution is 5.54. The van der Waals surface area contributed by atoms with Gasteiger partial charge in [-0.3, -0.25) is 4.98 Å². The fourth-order valence-electron chi connectivity index (χ4n) is 2.83. The molecule has 2 aromatic heterocycles. The number of pyridine rings is 1. The van der Waals surface area contributed by atoms with E-state index < -0.39 is 0 Å². The zero-order valence-electron chi connectivity index (χ0n) is 11.8. The van der Waals surface area contributed by atoms with Gasteiger partial charge in [-0.2, -0.15) is 4.98 Å². The van der Waals surface area contributed by atoms with E-state index in [0.29, 0.717) is 11.7 Å². The summed E-state index contributed by atoms with van der Waals surface area (Å²) in [4.78, 5) is 8.82. The molecule has 1 aliphatic carbocycles. The van der Waals surface area contributed by atoms with Crippen molar-refractivity contribution in [1.82, 2.24) is 15.1 Å². The molecule has 1 fully saturated rings. The lowest BCUT2D eigenvalue weighted by molar-refractivity contribution is 0.0908. The minimum atomic E-state index is -0.371. The van der Waals surface area contributed by atoms with Crippen LogP contribution in [-0.4, -0.2) is 26.3 Å². The molecular weight excluding hydrogens is 254 g/mol. The highest BCUT2D eigenvalue weighted by Crippen LogP contribution is 2.33. The summed E-state index contributed by atoms with van der Waals surface area (Å²) in [6.07, 6.45) is 5.31. The quantitative estimate of drug-likeness (QED) is 0.910. The average Bonchev–Trinajstić information content (AvgIpc) is 2.88. The molecule has 0 radical (unpaired) electrons. The predicted molar refractivity (Wildman–Crippen MR) is 74.2 cm³/mol. The van der Waals surface area contributed by atoms with E-state index in [1.807, 2.05) is 19.9 Å². The van der Waals surface area contributed by atoms with Gasteiger partial charge in [-0.05, 0) is 37.8 Å². The maximum atomic E-state index is 10.0. The summed E-state index contributed by atoms with van der Waals surface area (Å²) < 4.78 is 5.35. The van der Waals surface area contributed by atoms with Crippen molar-refractivity contribution in [3.05, 3.63) is 29.3 Å². The van der Waals surface area contributed by atoms with Crippen molar-refractivity contribution >= 4 is 0 Å². The lowest BCUT2D eigenvalue weighted by Gasteiger charge is -2.24. The number of aromatic nitrogens is 3. The van der Waals surface area contributed by atoms with Crippen LogP contribution in [0.5, 0.6) is 0 Å². The summed E-state index contributed by atoms with van der Waals surface area (Å²) in [5.41, 5.74) is 2.88. The number of aliphatic hydroxyl groups is 1. The topological polar surface area (TPSA) is 72.0 Å². The lowest BCUT2D eigenvalue weighted by Crippen LogP contribution is -2.22. The second-order valence-electron chi connectivity index (χ2n) is 5.59. The maximum Gasteiger partial charge on any atom is 0.232 e. The molecule has 106 valence electrons. The molecule has 2 unspecified atom stereocenters. The van der Waals surface area contributed by atoms with Crippen LogP contribution < -0.4 is 0 Å². The van der Waals surface area contributed by atoms with Crippen LogP contribution in [0, 0.1) is 13.8 Å². The average molecular weight is 273 g/mol. The molecule has 0 amide bonds. The molecule has 1 aliphatic rings. The Kier molecular flexibility index (Phi) is 3.53. The first-order valence-electron chi connectivity index (χ1n) is 7.10. The molecule has 5 heteroatoms. The molecule has 0 aliphatic heterocycles. The van der Waals surface area contributed by atoms with Gasteiger partial charge in [-0.1, -0.05) is 24.1 Å². The van der Waals surface area contributed by atoms with Crippen molar-refractivity contribution in [2.24, 2.45) is 0 Å². The van der Waals surface area contributed by atoms with Gasteiger partial charge in [0, 0.05) is 6.20 Å². The van der Waals surface area contributed by atoms with Crippen molar-refractivity contribution in [2.75, 3.05) is 0 Å². The van der Waals surface area contributed by atoms with E-state index >= 15 is 0 Å². The first kappa shape index (κ1) is 13.2. The fourth-order valence-corrected chi connectivity index (χ4v) is 2.83. The summed E-state index contributed by atoms with van der Waals surface area (Å²) >= 11 is 0. The normalized spacial score (nSPS) is 22.9. The number of hydrogen-bond acceptors (Lipinski definition) is 5. The van der Waals surface area contributed by atoms with E-state index in [2.05, 4.69) is 15.1 Å². The van der Waals surface area contributed by atoms with E-state index in [1.54, 1.807) is 6.20 Å². The zero-order valence-corrected chi connectivity index (χ0v) is 11.8. The SMILES string of the molecule is Cc1cnc(-c2noc(C3CCCCC3O)n2)c(C)c1. The van der Waals surface area contributed by atoms with Crippen LogP contribution >= 0.6 is 0 Å². The van der Waals surface area contributed by atoms with Crippen LogP contribution in [0.1, 0.15) is 48.6 Å². The van der Waals surface area contributed by atoms with Gasteiger partial charge in [0.15, 0.2) is 0 Å². The van der Waals surface area contributed by atoms with Crippen molar-refractivity contribution < 1.29 is 9.63 Å². The number of hydrogen-bond donors (Lipinski definition) is 1. The van der Waals surface area contributed by atoms with Gasteiger partial charge < -0.3 is 9.63 Å². The Morgan fingerprint density at radius 3 is 2.80 bits per heavy atom. The lowest BCUT2D eigenvalue weighted by atomic mass is 9.86. The smallest absolute Gasteiger partial charge is 0.232 e. The Labute approximate surface area is 118 Å². The van der Waals surface area contributed by atoms with Gasteiger partial charge in [0.05, 0.1) is 12.0 Å². The number of nitrogens with zero attached hydrogens (tertiary/aromatic N) is 3. The summed E-state index contributed by atoms with van der Waals surface area (Å²) in [5.74, 6) is 1.01. The number of aliphatic hydroxyl groups excluding tert-OH is 1. The molecule has 0 bridgehead atoms. The van der Waals surface area contributed by atoms with Crippen LogP contribution in [0.2, 0.25) is 0 Å². The number of aryl methyl sites for hydroxylation is 2. The monoisotopic (exact) mass is 273 g/mol. The molecule has 1 saturated carbocycles. The van der Waals surface area contributed by atoms with E-state index in [-0.39, 0.29) is 12.0 Å². The molecule has 3 rings (SSSR count). The maximum absolute atomic E-state index is 10.0. The van der Waals surface area contributed by atoms with E-state index in [9.17, 15) is 5.11 Å². The molecule has 0 aromatic carbocycles. The Morgan fingerprint density at radius 2 is 2.05 bits per heavy atom. The predicted octanol–water partition coefficient (Wildman–Crippen LogP) is 2.77. The van der Waals surface area contributed by atoms with Crippen LogP contribution in [0.15, 0.2) is 16.8 Å². The van der Waals surface area contributed by atoms with Gasteiger partial charge in [-0.25, -0.2) is 0 Å². The second-order valence-corrected chi connectivity index (χ2v) is 5.59. The molecule has 2 aromatic rings. The summed E-state index contributed by atoms with van der Waals surface area (Å²) in [6, 6.07) is 2.05. The third-order valence-corrected chi connectivity index (χ3v) is 3.92. The van der Waals surface area contributed by atoms with Crippen molar-refractivity contribution in [3.63, 3.8) is 0 Å². The molecule has 2 atom stereocenters. The van der Waals surface area contributed by atoms with Crippen LogP contribution in [0.25, 0.3) is 11.5 Å². The summed E-state index contributed by atoms with van der Waals surface area (Å²) in [6.45, 7) is 3.99. The largest absolute Gasteiger partial charge is 0.392 e. The number of rotatable bonds is 2. The van der Waals surface area contributed by atoms with Crippen LogP contribution in [0.4, 0.5) is 0 Å². The fraction of sp³-hybridized carbons (Fsp3) is 0.533. The summed E-state index contributed by atoms with van der Waals surface area (Å²) in [7, 11) is 0. The van der Waals surface area contributed by atoms with Crippen molar-refractivity contribution in [2.45, 2.75) is 51.6 Å². The second kappa shape index (κ2) is 5.32. The molecule has 5 nitrogen and oxygen atoms in total. The van der Waals surface area contributed by atoms with Gasteiger partial charge in [-0.15, -0.1) is 0 Å². The molecule has 0 saturated heterocycles. The first-order chi connectivity index (χ1) is 9.65. The van der Waals surface area contributed by atoms with E-state index in [0.717, 1.165) is 42.5 Å². The Morgan fingerprint density at radius 1 is 1.25 bits per heavy atom. The third kappa shape index (κ3) is 2.45. The van der Waals surface area contributed by atoms with Gasteiger partial charge in [0.1, 0.15) is 5.69 Å². The van der Waals surface area contributed by atoms with Gasteiger partial charge >= 0.3 is 0 Å². The summed E-state index contributed by atoms with van der Waals surface area (Å²) in [5, 5.41) is 14.1. The molecule has 2 heterocycles. The van der Waals surface area contributed by atoms with Gasteiger partial charge in [0.25, 0.3) is 0 Å². The molecule has 20 heavy (non-hydrogen) atoms. The van der Waals surface area contributed by atoms with Crippen molar-refractivity contribution in [1.29, 1.82) is 0 Å². The minimum absolute atomic E-state index is 0.0317. The Balaban J connectivity index is 1.89. The van der Waals surface area contributed by atoms with Gasteiger partial charge in [0.2, 0.25) is 11.7 Å². The molecule has 0 spiro atoms. The third-order valence-electron chi connectivity index (χ3n) is 3.92. The highest BCUT2D eigenvalue weighted by atomic mass is 16.5. The van der Waals surface area contributed by atoms with Crippen LogP contribution in [0.3, 0.4) is 0 Å². The van der Waals surface area contributed by atoms with Crippen LogP contribution in [-0.2, 0) is 0 Å². The highest BCUT2D eigenvalue weighted by Gasteiger charge is 2.29. The van der Waals surface area contributed by atoms with E-state index in [1.165, 1.54) is 0 Å². The standard InChI is InChI=1S/C15H19N3O2/c1-9-7-10(2)13(16-8-9)14-17-15(20-18-14)11-5-3-4-6-12(11)19/h7-8,11-12,19H,3-6H2,1-2H3. The van der Waals surface area contributed by atoms with E-state index in [4.69, 9.17) is 4.52 Å².